The zero-order chi connectivity index (χ0) is 20.0. The van der Waals surface area contributed by atoms with Crippen molar-refractivity contribution in [3.63, 3.8) is 0 Å². The number of benzene rings is 2. The van der Waals surface area contributed by atoms with E-state index in [1.54, 1.807) is 18.2 Å². The Balaban J connectivity index is 2.42. The molecule has 7 heteroatoms. The summed E-state index contributed by atoms with van der Waals surface area (Å²) in [7, 11) is 1.52. The van der Waals surface area contributed by atoms with Gasteiger partial charge in [-0.25, -0.2) is 0 Å². The van der Waals surface area contributed by atoms with Gasteiger partial charge in [0.15, 0.2) is 11.5 Å². The highest BCUT2D eigenvalue weighted by molar-refractivity contribution is 6.32. The molecule has 1 atom stereocenters. The first kappa shape index (κ1) is 20.3. The summed E-state index contributed by atoms with van der Waals surface area (Å²) in [6.45, 7) is 3.94. The number of rotatable bonds is 7. The van der Waals surface area contributed by atoms with Crippen molar-refractivity contribution in [2.45, 2.75) is 26.4 Å². The molecule has 0 fully saturated rings. The molecule has 27 heavy (non-hydrogen) atoms. The van der Waals surface area contributed by atoms with E-state index in [1.807, 2.05) is 13.8 Å². The topological polar surface area (TPSA) is 85.4 Å². The lowest BCUT2D eigenvalue weighted by Gasteiger charge is -2.17. The van der Waals surface area contributed by atoms with Crippen molar-refractivity contribution in [1.82, 2.24) is 0 Å². The zero-order valence-corrected chi connectivity index (χ0v) is 16.0. The van der Waals surface area contributed by atoms with Crippen molar-refractivity contribution >= 4 is 28.9 Å². The number of nitriles is 1. The summed E-state index contributed by atoms with van der Waals surface area (Å²) in [5, 5.41) is 20.6. The van der Waals surface area contributed by atoms with E-state index in [1.165, 1.54) is 31.4 Å². The van der Waals surface area contributed by atoms with Gasteiger partial charge in [-0.2, -0.15) is 5.26 Å². The summed E-state index contributed by atoms with van der Waals surface area (Å²) in [4.78, 5) is 10.3. The normalized spacial score (nSPS) is 12.2. The molecule has 0 aliphatic rings. The van der Waals surface area contributed by atoms with Crippen LogP contribution in [0.25, 0.3) is 11.6 Å². The molecule has 0 saturated heterocycles. The van der Waals surface area contributed by atoms with Crippen LogP contribution in [0.2, 0.25) is 5.02 Å². The number of nitrogens with zero attached hydrogens (tertiary/aromatic N) is 2. The number of halogens is 1. The van der Waals surface area contributed by atoms with Gasteiger partial charge in [0, 0.05) is 12.1 Å². The van der Waals surface area contributed by atoms with Gasteiger partial charge in [0.25, 0.3) is 5.69 Å². The van der Waals surface area contributed by atoms with E-state index in [4.69, 9.17) is 21.1 Å². The van der Waals surface area contributed by atoms with Crippen LogP contribution in [0.5, 0.6) is 11.5 Å². The van der Waals surface area contributed by atoms with Gasteiger partial charge in [-0.1, -0.05) is 18.5 Å². The minimum absolute atomic E-state index is 0.0208. The largest absolute Gasteiger partial charge is 0.493 e. The Kier molecular flexibility index (Phi) is 6.80. The smallest absolute Gasteiger partial charge is 0.269 e. The second kappa shape index (κ2) is 9.06. The zero-order valence-electron chi connectivity index (χ0n) is 15.2. The number of methoxy groups -OCH3 is 1. The summed E-state index contributed by atoms with van der Waals surface area (Å²) >= 11 is 6.35. The number of hydrogen-bond donors (Lipinski definition) is 0. The predicted molar refractivity (Wildman–Crippen MR) is 105 cm³/mol. The second-order valence-corrected chi connectivity index (χ2v) is 6.25. The minimum atomic E-state index is -0.486. The van der Waals surface area contributed by atoms with E-state index in [2.05, 4.69) is 6.07 Å². The fourth-order valence-electron chi connectivity index (χ4n) is 2.33. The molecule has 0 heterocycles. The predicted octanol–water partition coefficient (Wildman–Crippen LogP) is 5.50. The number of non-ortho nitro benzene ring substituents is 1. The molecule has 0 saturated carbocycles. The van der Waals surface area contributed by atoms with Crippen molar-refractivity contribution in [3.05, 3.63) is 62.7 Å². The quantitative estimate of drug-likeness (QED) is 0.271. The van der Waals surface area contributed by atoms with Crippen LogP contribution in [0.4, 0.5) is 5.69 Å². The summed E-state index contributed by atoms with van der Waals surface area (Å²) in [6, 6.07) is 11.3. The molecule has 140 valence electrons. The lowest BCUT2D eigenvalue weighted by atomic mass is 10.0. The summed E-state index contributed by atoms with van der Waals surface area (Å²) in [6.07, 6.45) is 2.44. The van der Waals surface area contributed by atoms with E-state index in [9.17, 15) is 15.4 Å². The molecule has 0 radical (unpaired) electrons. The van der Waals surface area contributed by atoms with Crippen molar-refractivity contribution < 1.29 is 14.4 Å². The van der Waals surface area contributed by atoms with Crippen LogP contribution in [0.1, 0.15) is 31.4 Å². The van der Waals surface area contributed by atoms with E-state index < -0.39 is 4.92 Å². The molecule has 0 aliphatic heterocycles. The number of nitro benzene ring substituents is 1. The number of hydrogen-bond acceptors (Lipinski definition) is 5. The SMILES string of the molecule is CC[C@H](C)Oc1c(Cl)cc(/C=C(/C#N)c2ccc([N+](=O)[O-])cc2)cc1OC. The second-order valence-electron chi connectivity index (χ2n) is 5.84. The van der Waals surface area contributed by atoms with Crippen molar-refractivity contribution in [2.24, 2.45) is 0 Å². The van der Waals surface area contributed by atoms with Crippen LogP contribution in [0, 0.1) is 21.4 Å². The molecule has 2 rings (SSSR count). The number of ether oxygens (including phenoxy) is 2. The third kappa shape index (κ3) is 4.99. The Hall–Kier alpha value is -3.04. The first-order valence-electron chi connectivity index (χ1n) is 8.30. The summed E-state index contributed by atoms with van der Waals surface area (Å²) in [5.41, 5.74) is 1.53. The fraction of sp³-hybridized carbons (Fsp3) is 0.250. The Labute approximate surface area is 162 Å². The molecule has 0 amide bonds. The Bertz CT molecular complexity index is 901. The van der Waals surface area contributed by atoms with E-state index in [-0.39, 0.29) is 11.8 Å². The Morgan fingerprint density at radius 2 is 2.04 bits per heavy atom. The minimum Gasteiger partial charge on any atom is -0.493 e. The van der Waals surface area contributed by atoms with Gasteiger partial charge in [0.2, 0.25) is 0 Å². The fourth-order valence-corrected chi connectivity index (χ4v) is 2.60. The lowest BCUT2D eigenvalue weighted by molar-refractivity contribution is -0.384. The van der Waals surface area contributed by atoms with Crippen molar-refractivity contribution in [3.8, 4) is 17.6 Å². The Morgan fingerprint density at radius 1 is 1.37 bits per heavy atom. The monoisotopic (exact) mass is 386 g/mol. The molecule has 0 unspecified atom stereocenters. The molecule has 6 nitrogen and oxygen atoms in total. The number of allylic oxidation sites excluding steroid dienone is 1. The molecular formula is C20H19ClN2O4. The molecule has 2 aromatic carbocycles. The maximum atomic E-state index is 10.8. The van der Waals surface area contributed by atoms with Crippen LogP contribution < -0.4 is 9.47 Å². The maximum absolute atomic E-state index is 10.8. The van der Waals surface area contributed by atoms with E-state index in [0.29, 0.717) is 33.2 Å². The van der Waals surface area contributed by atoms with Gasteiger partial charge in [0.1, 0.15) is 0 Å². The average Bonchev–Trinajstić information content (AvgIpc) is 2.67. The summed E-state index contributed by atoms with van der Waals surface area (Å²) in [5.74, 6) is 0.926. The Morgan fingerprint density at radius 3 is 2.56 bits per heavy atom. The number of nitro groups is 1. The van der Waals surface area contributed by atoms with Gasteiger partial charge < -0.3 is 9.47 Å². The standard InChI is InChI=1S/C20H19ClN2O4/c1-4-13(2)27-20-18(21)10-14(11-19(20)26-3)9-16(12-22)15-5-7-17(8-6-15)23(24)25/h5-11,13H,4H2,1-3H3/b16-9-/t13-/m0/s1. The van der Waals surface area contributed by atoms with E-state index in [0.717, 1.165) is 6.42 Å². The van der Waals surface area contributed by atoms with Crippen LogP contribution in [0.3, 0.4) is 0 Å². The first-order valence-corrected chi connectivity index (χ1v) is 8.68. The van der Waals surface area contributed by atoms with Gasteiger partial charge >= 0.3 is 0 Å². The molecule has 0 aliphatic carbocycles. The first-order chi connectivity index (χ1) is 12.9. The molecule has 0 bridgehead atoms. The van der Waals surface area contributed by atoms with E-state index >= 15 is 0 Å². The summed E-state index contributed by atoms with van der Waals surface area (Å²) < 4.78 is 11.2. The van der Waals surface area contributed by atoms with Crippen LogP contribution >= 0.6 is 11.6 Å². The molecular weight excluding hydrogens is 368 g/mol. The van der Waals surface area contributed by atoms with Gasteiger partial charge in [-0.15, -0.1) is 0 Å². The average molecular weight is 387 g/mol. The lowest BCUT2D eigenvalue weighted by Crippen LogP contribution is -2.11. The van der Waals surface area contributed by atoms with Crippen LogP contribution in [-0.4, -0.2) is 18.1 Å². The van der Waals surface area contributed by atoms with Crippen LogP contribution in [0.15, 0.2) is 36.4 Å². The molecule has 0 spiro atoms. The van der Waals surface area contributed by atoms with Gasteiger partial charge in [-0.05, 0) is 54.8 Å². The molecule has 0 aromatic heterocycles. The van der Waals surface area contributed by atoms with Gasteiger partial charge in [-0.3, -0.25) is 10.1 Å². The third-order valence-corrected chi connectivity index (χ3v) is 4.25. The molecule has 0 N–H and O–H groups in total. The highest BCUT2D eigenvalue weighted by atomic mass is 35.5. The highest BCUT2D eigenvalue weighted by Gasteiger charge is 2.15. The van der Waals surface area contributed by atoms with Crippen LogP contribution in [-0.2, 0) is 0 Å². The van der Waals surface area contributed by atoms with Gasteiger partial charge in [0.05, 0.1) is 34.8 Å². The van der Waals surface area contributed by atoms with Crippen molar-refractivity contribution in [1.29, 1.82) is 5.26 Å². The third-order valence-electron chi connectivity index (χ3n) is 3.97. The van der Waals surface area contributed by atoms with Crippen molar-refractivity contribution in [2.75, 3.05) is 7.11 Å². The highest BCUT2D eigenvalue weighted by Crippen LogP contribution is 2.38. The molecule has 2 aromatic rings. The maximum Gasteiger partial charge on any atom is 0.269 e.